The monoisotopic (exact) mass is 507 g/mol. The van der Waals surface area contributed by atoms with Gasteiger partial charge in [0, 0.05) is 37.8 Å². The van der Waals surface area contributed by atoms with Gasteiger partial charge in [-0.15, -0.1) is 10.2 Å². The number of anilines is 1. The van der Waals surface area contributed by atoms with Crippen LogP contribution in [-0.4, -0.2) is 77.7 Å². The summed E-state index contributed by atoms with van der Waals surface area (Å²) in [5.74, 6) is 1.22. The fourth-order valence-corrected chi connectivity index (χ4v) is 4.36. The largest absolute Gasteiger partial charge is 0.497 e. The summed E-state index contributed by atoms with van der Waals surface area (Å²) in [5, 5.41) is 9.17. The van der Waals surface area contributed by atoms with Crippen LogP contribution in [0.4, 0.5) is 5.82 Å². The average Bonchev–Trinajstić information content (AvgIpc) is 2.91. The molecule has 0 atom stereocenters. The third-order valence-corrected chi connectivity index (χ3v) is 6.60. The van der Waals surface area contributed by atoms with Crippen molar-refractivity contribution in [2.75, 3.05) is 44.7 Å². The van der Waals surface area contributed by atoms with Crippen molar-refractivity contribution in [2.45, 2.75) is 19.9 Å². The van der Waals surface area contributed by atoms with E-state index in [4.69, 9.17) is 16.3 Å². The molecule has 188 valence electrons. The lowest BCUT2D eigenvalue weighted by Gasteiger charge is -2.36. The van der Waals surface area contributed by atoms with Gasteiger partial charge in [-0.05, 0) is 50.2 Å². The van der Waals surface area contributed by atoms with Crippen LogP contribution in [0.15, 0.2) is 60.7 Å². The predicted octanol–water partition coefficient (Wildman–Crippen LogP) is 4.01. The first-order valence-corrected chi connectivity index (χ1v) is 12.3. The minimum atomic E-state index is -0.242. The topological polar surface area (TPSA) is 78.9 Å². The maximum atomic E-state index is 13.1. The highest BCUT2D eigenvalue weighted by atomic mass is 35.5. The molecule has 0 bridgehead atoms. The third-order valence-electron chi connectivity index (χ3n) is 6.27. The van der Waals surface area contributed by atoms with E-state index in [1.807, 2.05) is 50.2 Å². The number of piperazine rings is 1. The average molecular weight is 508 g/mol. The van der Waals surface area contributed by atoms with E-state index >= 15 is 0 Å². The van der Waals surface area contributed by atoms with E-state index in [9.17, 15) is 9.59 Å². The molecule has 9 heteroatoms. The fraction of sp³-hybridized carbons (Fsp3) is 0.333. The number of rotatable bonds is 7. The van der Waals surface area contributed by atoms with Crippen molar-refractivity contribution in [2.24, 2.45) is 0 Å². The van der Waals surface area contributed by atoms with Gasteiger partial charge in [0.05, 0.1) is 23.4 Å². The zero-order valence-electron chi connectivity index (χ0n) is 20.7. The van der Waals surface area contributed by atoms with E-state index in [0.29, 0.717) is 36.8 Å². The number of hydrogen-bond donors (Lipinski definition) is 0. The van der Waals surface area contributed by atoms with Crippen molar-refractivity contribution in [3.8, 4) is 17.0 Å². The molecule has 1 aliphatic rings. The van der Waals surface area contributed by atoms with Crippen molar-refractivity contribution < 1.29 is 14.3 Å². The zero-order chi connectivity index (χ0) is 25.7. The standard InChI is InChI=1S/C27H30ClN5O3/c1-19(2)33(27(35)22-9-4-5-10-23(22)28)18-26(34)32-15-13-31(14-16-32)25-12-11-24(29-30-25)20-7-6-8-21(17-20)36-3/h4-12,17,19H,13-16,18H2,1-3H3. The first-order chi connectivity index (χ1) is 17.4. The summed E-state index contributed by atoms with van der Waals surface area (Å²) in [6.07, 6.45) is 0. The van der Waals surface area contributed by atoms with Crippen molar-refractivity contribution in [1.29, 1.82) is 0 Å². The van der Waals surface area contributed by atoms with Crippen molar-refractivity contribution in [1.82, 2.24) is 20.0 Å². The number of aromatic nitrogens is 2. The molecule has 1 saturated heterocycles. The molecule has 4 rings (SSSR count). The van der Waals surface area contributed by atoms with E-state index in [-0.39, 0.29) is 24.4 Å². The van der Waals surface area contributed by atoms with Crippen LogP contribution in [0.5, 0.6) is 5.75 Å². The molecular formula is C27H30ClN5O3. The second-order valence-corrected chi connectivity index (χ2v) is 9.29. The Morgan fingerprint density at radius 1 is 1.00 bits per heavy atom. The van der Waals surface area contributed by atoms with Crippen LogP contribution in [0.3, 0.4) is 0 Å². The number of hydrogen-bond acceptors (Lipinski definition) is 6. The number of ether oxygens (including phenoxy) is 1. The summed E-state index contributed by atoms with van der Waals surface area (Å²) in [4.78, 5) is 31.6. The van der Waals surface area contributed by atoms with Gasteiger partial charge in [-0.3, -0.25) is 9.59 Å². The minimum Gasteiger partial charge on any atom is -0.497 e. The molecule has 2 amide bonds. The van der Waals surface area contributed by atoms with E-state index in [1.54, 1.807) is 41.2 Å². The molecule has 0 N–H and O–H groups in total. The Labute approximate surface area is 216 Å². The second kappa shape index (κ2) is 11.4. The Balaban J connectivity index is 1.35. The molecule has 3 aromatic rings. The van der Waals surface area contributed by atoms with Crippen LogP contribution >= 0.6 is 11.6 Å². The van der Waals surface area contributed by atoms with Crippen molar-refractivity contribution in [3.63, 3.8) is 0 Å². The Hall–Kier alpha value is -3.65. The van der Waals surface area contributed by atoms with E-state index in [0.717, 1.165) is 22.8 Å². The Morgan fingerprint density at radius 3 is 2.39 bits per heavy atom. The lowest BCUT2D eigenvalue weighted by atomic mass is 10.1. The number of methoxy groups -OCH3 is 1. The van der Waals surface area contributed by atoms with Crippen molar-refractivity contribution in [3.05, 3.63) is 71.2 Å². The Morgan fingerprint density at radius 2 is 1.75 bits per heavy atom. The molecule has 0 saturated carbocycles. The van der Waals surface area contributed by atoms with Crippen LogP contribution in [0.1, 0.15) is 24.2 Å². The zero-order valence-corrected chi connectivity index (χ0v) is 21.5. The number of nitrogens with zero attached hydrogens (tertiary/aromatic N) is 5. The van der Waals surface area contributed by atoms with Gasteiger partial charge >= 0.3 is 0 Å². The van der Waals surface area contributed by atoms with Crippen LogP contribution in [0, 0.1) is 0 Å². The van der Waals surface area contributed by atoms with Gasteiger partial charge in [-0.2, -0.15) is 0 Å². The molecule has 0 spiro atoms. The van der Waals surface area contributed by atoms with Gasteiger partial charge in [-0.1, -0.05) is 35.9 Å². The van der Waals surface area contributed by atoms with Crippen molar-refractivity contribution >= 4 is 29.2 Å². The normalized spacial score (nSPS) is 13.6. The van der Waals surface area contributed by atoms with Gasteiger partial charge in [-0.25, -0.2) is 0 Å². The summed E-state index contributed by atoms with van der Waals surface area (Å²) >= 11 is 6.22. The maximum Gasteiger partial charge on any atom is 0.256 e. The second-order valence-electron chi connectivity index (χ2n) is 8.88. The molecule has 8 nitrogen and oxygen atoms in total. The highest BCUT2D eigenvalue weighted by Crippen LogP contribution is 2.23. The van der Waals surface area contributed by atoms with Crippen LogP contribution in [0.2, 0.25) is 5.02 Å². The fourth-order valence-electron chi connectivity index (χ4n) is 4.14. The first kappa shape index (κ1) is 25.4. The molecule has 1 fully saturated rings. The lowest BCUT2D eigenvalue weighted by molar-refractivity contribution is -0.132. The summed E-state index contributed by atoms with van der Waals surface area (Å²) in [6, 6.07) is 18.4. The van der Waals surface area contributed by atoms with Crippen LogP contribution in [-0.2, 0) is 4.79 Å². The number of halogens is 1. The quantitative estimate of drug-likeness (QED) is 0.481. The van der Waals surface area contributed by atoms with Gasteiger partial charge in [0.2, 0.25) is 5.91 Å². The number of amides is 2. The van der Waals surface area contributed by atoms with Gasteiger partial charge in [0.15, 0.2) is 5.82 Å². The predicted molar refractivity (Wildman–Crippen MR) is 140 cm³/mol. The van der Waals surface area contributed by atoms with Gasteiger partial charge in [0.25, 0.3) is 5.91 Å². The molecule has 1 aromatic heterocycles. The smallest absolute Gasteiger partial charge is 0.256 e. The van der Waals surface area contributed by atoms with Gasteiger partial charge in [0.1, 0.15) is 12.3 Å². The molecule has 2 heterocycles. The molecular weight excluding hydrogens is 478 g/mol. The maximum absolute atomic E-state index is 13.1. The first-order valence-electron chi connectivity index (χ1n) is 11.9. The molecule has 0 radical (unpaired) electrons. The minimum absolute atomic E-state index is 0.0107. The van der Waals surface area contributed by atoms with Crippen LogP contribution in [0.25, 0.3) is 11.3 Å². The third kappa shape index (κ3) is 5.76. The van der Waals surface area contributed by atoms with Crippen LogP contribution < -0.4 is 9.64 Å². The highest BCUT2D eigenvalue weighted by Gasteiger charge is 2.28. The Bertz CT molecular complexity index is 1210. The molecule has 0 aliphatic carbocycles. The molecule has 2 aromatic carbocycles. The van der Waals surface area contributed by atoms with Gasteiger partial charge < -0.3 is 19.4 Å². The van der Waals surface area contributed by atoms with E-state index in [2.05, 4.69) is 15.1 Å². The lowest BCUT2D eigenvalue weighted by Crippen LogP contribution is -2.53. The van der Waals surface area contributed by atoms with E-state index < -0.39 is 0 Å². The summed E-state index contributed by atoms with van der Waals surface area (Å²) in [7, 11) is 1.63. The number of carbonyl (C=O) groups is 2. The van der Waals surface area contributed by atoms with E-state index in [1.165, 1.54) is 0 Å². The summed E-state index contributed by atoms with van der Waals surface area (Å²) in [6.45, 7) is 6.17. The highest BCUT2D eigenvalue weighted by molar-refractivity contribution is 6.33. The summed E-state index contributed by atoms with van der Waals surface area (Å²) < 4.78 is 5.29. The SMILES string of the molecule is COc1cccc(-c2ccc(N3CCN(C(=O)CN(C(=O)c4ccccc4Cl)C(C)C)CC3)nn2)c1. The Kier molecular flexibility index (Phi) is 8.05. The summed E-state index contributed by atoms with van der Waals surface area (Å²) in [5.41, 5.74) is 2.11. The molecule has 1 aliphatic heterocycles. The number of carbonyl (C=O) groups excluding carboxylic acids is 2. The molecule has 0 unspecified atom stereocenters. The number of benzene rings is 2. The molecule has 36 heavy (non-hydrogen) atoms.